The van der Waals surface area contributed by atoms with Crippen molar-refractivity contribution >= 4 is 28.9 Å². The first kappa shape index (κ1) is 12.8. The summed E-state index contributed by atoms with van der Waals surface area (Å²) in [5.74, 6) is 0. The normalized spacial score (nSPS) is 21.0. The van der Waals surface area contributed by atoms with E-state index in [4.69, 9.17) is 23.2 Å². The number of ether oxygens (including phenoxy) is 1. The first-order valence-corrected chi connectivity index (χ1v) is 5.55. The maximum absolute atomic E-state index is 12.7. The number of nitrogens with zero attached hydrogens (tertiary/aromatic N) is 1. The van der Waals surface area contributed by atoms with E-state index in [2.05, 4.69) is 4.74 Å². The summed E-state index contributed by atoms with van der Waals surface area (Å²) < 4.78 is 42.6. The molecule has 94 valence electrons. The summed E-state index contributed by atoms with van der Waals surface area (Å²) in [7, 11) is 0. The van der Waals surface area contributed by atoms with Crippen molar-refractivity contribution in [2.45, 2.75) is 12.4 Å². The van der Waals surface area contributed by atoms with E-state index in [9.17, 15) is 13.2 Å². The lowest BCUT2D eigenvalue weighted by Crippen LogP contribution is -2.42. The van der Waals surface area contributed by atoms with Crippen LogP contribution in [0.1, 0.15) is 0 Å². The fourth-order valence-corrected chi connectivity index (χ4v) is 1.96. The fraction of sp³-hybridized carbons (Fsp3) is 0.400. The lowest BCUT2D eigenvalue weighted by molar-refractivity contribution is -0.205. The van der Waals surface area contributed by atoms with Crippen LogP contribution in [0.5, 0.6) is 0 Å². The molecule has 1 aromatic rings. The number of rotatable bonds is 1. The van der Waals surface area contributed by atoms with Crippen molar-refractivity contribution in [1.29, 1.82) is 0 Å². The minimum Gasteiger partial charge on any atom is -0.348 e. The van der Waals surface area contributed by atoms with E-state index >= 15 is 0 Å². The van der Waals surface area contributed by atoms with Crippen molar-refractivity contribution < 1.29 is 17.9 Å². The second kappa shape index (κ2) is 4.55. The van der Waals surface area contributed by atoms with Gasteiger partial charge >= 0.3 is 6.18 Å². The molecule has 7 heteroatoms. The topological polar surface area (TPSA) is 12.5 Å². The third kappa shape index (κ3) is 2.61. The smallest absolute Gasteiger partial charge is 0.348 e. The molecule has 1 aromatic carbocycles. The Kier molecular flexibility index (Phi) is 3.43. The molecule has 1 aliphatic heterocycles. The number of hydrogen-bond acceptors (Lipinski definition) is 2. The van der Waals surface area contributed by atoms with Crippen molar-refractivity contribution in [1.82, 2.24) is 0 Å². The summed E-state index contributed by atoms with van der Waals surface area (Å²) in [5.41, 5.74) is 0.347. The molecule has 2 nitrogen and oxygen atoms in total. The highest BCUT2D eigenvalue weighted by atomic mass is 35.5. The minimum absolute atomic E-state index is 0.0322. The Hall–Kier alpha value is -0.650. The minimum atomic E-state index is -4.43. The quantitative estimate of drug-likeness (QED) is 0.780. The predicted molar refractivity (Wildman–Crippen MR) is 59.6 cm³/mol. The van der Waals surface area contributed by atoms with E-state index in [1.54, 1.807) is 0 Å². The first-order valence-electron chi connectivity index (χ1n) is 4.79. The van der Waals surface area contributed by atoms with Crippen molar-refractivity contribution in [3.05, 3.63) is 28.2 Å². The van der Waals surface area contributed by atoms with Crippen LogP contribution in [0.15, 0.2) is 18.2 Å². The van der Waals surface area contributed by atoms with Crippen molar-refractivity contribution in [2.24, 2.45) is 0 Å². The average molecular weight is 286 g/mol. The Morgan fingerprint density at radius 1 is 1.24 bits per heavy atom. The van der Waals surface area contributed by atoms with Crippen LogP contribution in [-0.4, -0.2) is 25.6 Å². The zero-order valence-electron chi connectivity index (χ0n) is 8.47. The van der Waals surface area contributed by atoms with E-state index in [1.807, 2.05) is 0 Å². The molecule has 1 unspecified atom stereocenters. The van der Waals surface area contributed by atoms with Gasteiger partial charge in [0.15, 0.2) is 0 Å². The van der Waals surface area contributed by atoms with Gasteiger partial charge in [0.2, 0.25) is 6.23 Å². The average Bonchev–Trinajstić information content (AvgIpc) is 2.70. The van der Waals surface area contributed by atoms with Crippen LogP contribution in [0.3, 0.4) is 0 Å². The Morgan fingerprint density at radius 2 is 1.94 bits per heavy atom. The standard InChI is InChI=1S/C10H8Cl2F3NO/c11-7-2-1-6(5-8(7)12)16-3-4-17-9(16)10(13,14)15/h1-2,5,9H,3-4H2. The number of alkyl halides is 3. The largest absolute Gasteiger partial charge is 0.433 e. The molecule has 1 fully saturated rings. The third-order valence-electron chi connectivity index (χ3n) is 2.41. The molecule has 0 N–H and O–H groups in total. The van der Waals surface area contributed by atoms with Crippen molar-refractivity contribution in [3.63, 3.8) is 0 Å². The van der Waals surface area contributed by atoms with E-state index < -0.39 is 12.4 Å². The van der Waals surface area contributed by atoms with Gasteiger partial charge in [-0.1, -0.05) is 23.2 Å². The van der Waals surface area contributed by atoms with Crippen molar-refractivity contribution in [2.75, 3.05) is 18.1 Å². The first-order chi connectivity index (χ1) is 7.89. The molecule has 0 spiro atoms. The molecule has 0 bridgehead atoms. The molecule has 2 rings (SSSR count). The van der Waals surface area contributed by atoms with Gasteiger partial charge < -0.3 is 9.64 Å². The molecular weight excluding hydrogens is 278 g/mol. The van der Waals surface area contributed by atoms with E-state index in [0.717, 1.165) is 4.90 Å². The predicted octanol–water partition coefficient (Wildman–Crippen LogP) is 3.72. The van der Waals surface area contributed by atoms with E-state index in [-0.39, 0.29) is 18.2 Å². The molecular formula is C10H8Cl2F3NO. The number of hydrogen-bond donors (Lipinski definition) is 0. The number of benzene rings is 1. The molecule has 1 saturated heterocycles. The molecule has 1 atom stereocenters. The Bertz CT molecular complexity index is 425. The summed E-state index contributed by atoms with van der Waals surface area (Å²) in [6, 6.07) is 4.35. The highest BCUT2D eigenvalue weighted by Crippen LogP contribution is 2.35. The summed E-state index contributed by atoms with van der Waals surface area (Å²) in [4.78, 5) is 1.11. The summed E-state index contributed by atoms with van der Waals surface area (Å²) >= 11 is 11.5. The number of halogens is 5. The van der Waals surface area contributed by atoms with Gasteiger partial charge in [-0.2, -0.15) is 13.2 Å². The van der Waals surface area contributed by atoms with Gasteiger partial charge in [-0.05, 0) is 18.2 Å². The second-order valence-corrected chi connectivity index (χ2v) is 4.37. The lowest BCUT2D eigenvalue weighted by Gasteiger charge is -2.26. The van der Waals surface area contributed by atoms with Gasteiger partial charge in [0.05, 0.1) is 16.7 Å². The second-order valence-electron chi connectivity index (χ2n) is 3.56. The summed E-state index contributed by atoms with van der Waals surface area (Å²) in [6.45, 7) is 0.201. The highest BCUT2D eigenvalue weighted by Gasteiger charge is 2.47. The third-order valence-corrected chi connectivity index (χ3v) is 3.14. The van der Waals surface area contributed by atoms with Gasteiger partial charge in [0, 0.05) is 12.2 Å². The van der Waals surface area contributed by atoms with E-state index in [1.165, 1.54) is 18.2 Å². The molecule has 0 radical (unpaired) electrons. The zero-order chi connectivity index (χ0) is 12.6. The molecule has 1 heterocycles. The van der Waals surface area contributed by atoms with Crippen LogP contribution < -0.4 is 4.90 Å². The van der Waals surface area contributed by atoms with Gasteiger partial charge in [-0.3, -0.25) is 0 Å². The Labute approximate surface area is 106 Å². The number of anilines is 1. The molecule has 17 heavy (non-hydrogen) atoms. The van der Waals surface area contributed by atoms with E-state index in [0.29, 0.717) is 10.7 Å². The van der Waals surface area contributed by atoms with Crippen LogP contribution in [0.2, 0.25) is 10.0 Å². The maximum Gasteiger partial charge on any atom is 0.433 e. The van der Waals surface area contributed by atoms with Crippen LogP contribution in [0.4, 0.5) is 18.9 Å². The maximum atomic E-state index is 12.7. The lowest BCUT2D eigenvalue weighted by atomic mass is 10.2. The van der Waals surface area contributed by atoms with Gasteiger partial charge in [-0.15, -0.1) is 0 Å². The van der Waals surface area contributed by atoms with Crippen LogP contribution >= 0.6 is 23.2 Å². The highest BCUT2D eigenvalue weighted by molar-refractivity contribution is 6.42. The van der Waals surface area contributed by atoms with Crippen LogP contribution in [-0.2, 0) is 4.74 Å². The zero-order valence-corrected chi connectivity index (χ0v) is 9.98. The Morgan fingerprint density at radius 3 is 2.53 bits per heavy atom. The molecule has 0 aliphatic carbocycles. The van der Waals surface area contributed by atoms with Crippen LogP contribution in [0, 0.1) is 0 Å². The Balaban J connectivity index is 2.29. The molecule has 0 amide bonds. The molecule has 0 aromatic heterocycles. The SMILES string of the molecule is FC(F)(F)C1OCCN1c1ccc(Cl)c(Cl)c1. The molecule has 0 saturated carbocycles. The van der Waals surface area contributed by atoms with Gasteiger partial charge in [0.25, 0.3) is 0 Å². The fourth-order valence-electron chi connectivity index (χ4n) is 1.67. The monoisotopic (exact) mass is 285 g/mol. The van der Waals surface area contributed by atoms with Crippen LogP contribution in [0.25, 0.3) is 0 Å². The molecule has 1 aliphatic rings. The summed E-state index contributed by atoms with van der Waals surface area (Å²) in [6.07, 6.45) is -6.34. The van der Waals surface area contributed by atoms with Crippen molar-refractivity contribution in [3.8, 4) is 0 Å². The van der Waals surface area contributed by atoms with Gasteiger partial charge in [-0.25, -0.2) is 0 Å². The van der Waals surface area contributed by atoms with Gasteiger partial charge in [0.1, 0.15) is 0 Å². The summed E-state index contributed by atoms with van der Waals surface area (Å²) in [5, 5.41) is 0.524.